The molecule has 142 valence electrons. The minimum absolute atomic E-state index is 0.0736. The van der Waals surface area contributed by atoms with Crippen molar-refractivity contribution in [2.24, 2.45) is 11.8 Å². The number of aliphatic carboxylic acids is 1. The predicted octanol–water partition coefficient (Wildman–Crippen LogP) is 1.45. The number of carboxylic acids is 1. The summed E-state index contributed by atoms with van der Waals surface area (Å²) >= 11 is 1.06. The monoisotopic (exact) mass is 382 g/mol. The standard InChI is InChI=1S/C15H21F3N2O4S/c16-15(17,18)11-7-20(6-10(11)14(23)24)13(22)9-25-8-12(21)19-4-2-1-3-5-19/h10-11H,1-9H2,(H,23,24)/t10-,11-/m1/s1. The Kier molecular flexibility index (Phi) is 6.59. The van der Waals surface area contributed by atoms with E-state index in [9.17, 15) is 27.6 Å². The first kappa shape index (κ1) is 19.9. The normalized spacial score (nSPS) is 24.4. The molecule has 2 heterocycles. The van der Waals surface area contributed by atoms with Crippen molar-refractivity contribution in [1.82, 2.24) is 9.80 Å². The highest BCUT2D eigenvalue weighted by Crippen LogP contribution is 2.37. The molecule has 0 aliphatic carbocycles. The second kappa shape index (κ2) is 8.29. The quantitative estimate of drug-likeness (QED) is 0.779. The Labute approximate surface area is 147 Å². The van der Waals surface area contributed by atoms with Crippen molar-refractivity contribution in [3.63, 3.8) is 0 Å². The van der Waals surface area contributed by atoms with Crippen LogP contribution in [0.4, 0.5) is 13.2 Å². The van der Waals surface area contributed by atoms with Gasteiger partial charge in [-0.15, -0.1) is 11.8 Å². The lowest BCUT2D eigenvalue weighted by atomic mass is 9.96. The molecule has 0 aromatic heterocycles. The molecule has 2 aliphatic rings. The number of likely N-dealkylation sites (tertiary alicyclic amines) is 2. The number of hydrogen-bond donors (Lipinski definition) is 1. The number of nitrogens with zero attached hydrogens (tertiary/aromatic N) is 2. The fraction of sp³-hybridized carbons (Fsp3) is 0.800. The zero-order valence-corrected chi connectivity index (χ0v) is 14.4. The van der Waals surface area contributed by atoms with Crippen molar-refractivity contribution < 1.29 is 32.7 Å². The number of hydrogen-bond acceptors (Lipinski definition) is 4. The van der Waals surface area contributed by atoms with Gasteiger partial charge >= 0.3 is 12.1 Å². The van der Waals surface area contributed by atoms with Crippen LogP contribution in [0.1, 0.15) is 19.3 Å². The van der Waals surface area contributed by atoms with E-state index in [0.717, 1.165) is 35.9 Å². The summed E-state index contributed by atoms with van der Waals surface area (Å²) in [5, 5.41) is 8.95. The van der Waals surface area contributed by atoms with Gasteiger partial charge in [-0.05, 0) is 19.3 Å². The van der Waals surface area contributed by atoms with Crippen LogP contribution in [0.2, 0.25) is 0 Å². The van der Waals surface area contributed by atoms with Crippen LogP contribution in [-0.4, -0.2) is 76.6 Å². The molecule has 0 saturated carbocycles. The molecule has 0 spiro atoms. The maximum Gasteiger partial charge on any atom is 0.394 e. The number of alkyl halides is 3. The average molecular weight is 382 g/mol. The summed E-state index contributed by atoms with van der Waals surface area (Å²) in [7, 11) is 0. The van der Waals surface area contributed by atoms with E-state index in [2.05, 4.69) is 0 Å². The highest BCUT2D eigenvalue weighted by Gasteiger charge is 2.53. The third-order valence-electron chi connectivity index (χ3n) is 4.57. The Balaban J connectivity index is 1.80. The summed E-state index contributed by atoms with van der Waals surface area (Å²) in [5.41, 5.74) is 0. The molecule has 2 rings (SSSR count). The maximum absolute atomic E-state index is 12.9. The summed E-state index contributed by atoms with van der Waals surface area (Å²) in [6.45, 7) is 0.318. The molecule has 6 nitrogen and oxygen atoms in total. The molecule has 2 saturated heterocycles. The van der Waals surface area contributed by atoms with E-state index >= 15 is 0 Å². The van der Waals surface area contributed by atoms with Crippen molar-refractivity contribution in [3.05, 3.63) is 0 Å². The molecule has 2 amide bonds. The van der Waals surface area contributed by atoms with Crippen LogP contribution in [0.5, 0.6) is 0 Å². The molecule has 1 N–H and O–H groups in total. The summed E-state index contributed by atoms with van der Waals surface area (Å²) in [4.78, 5) is 37.7. The van der Waals surface area contributed by atoms with Gasteiger partial charge in [-0.3, -0.25) is 14.4 Å². The van der Waals surface area contributed by atoms with Crippen molar-refractivity contribution in [1.29, 1.82) is 0 Å². The van der Waals surface area contributed by atoms with Crippen molar-refractivity contribution in [3.8, 4) is 0 Å². The number of carbonyl (C=O) groups is 3. The van der Waals surface area contributed by atoms with E-state index in [-0.39, 0.29) is 17.4 Å². The SMILES string of the molecule is O=C(O)[C@@H]1CN(C(=O)CSCC(=O)N2CCCCC2)C[C@H]1C(F)(F)F. The molecule has 0 bridgehead atoms. The zero-order chi connectivity index (χ0) is 18.6. The number of carbonyl (C=O) groups excluding carboxylic acids is 2. The van der Waals surface area contributed by atoms with Crippen LogP contribution in [-0.2, 0) is 14.4 Å². The van der Waals surface area contributed by atoms with E-state index in [1.807, 2.05) is 0 Å². The van der Waals surface area contributed by atoms with Gasteiger partial charge in [0.25, 0.3) is 0 Å². The van der Waals surface area contributed by atoms with Crippen LogP contribution in [0, 0.1) is 11.8 Å². The van der Waals surface area contributed by atoms with E-state index in [1.165, 1.54) is 0 Å². The summed E-state index contributed by atoms with van der Waals surface area (Å²) < 4.78 is 38.7. The Morgan fingerprint density at radius 2 is 1.52 bits per heavy atom. The number of thioether (sulfide) groups is 1. The highest BCUT2D eigenvalue weighted by molar-refractivity contribution is 8.00. The fourth-order valence-electron chi connectivity index (χ4n) is 3.14. The third-order valence-corrected chi connectivity index (χ3v) is 5.47. The first-order chi connectivity index (χ1) is 11.7. The van der Waals surface area contributed by atoms with Gasteiger partial charge in [-0.2, -0.15) is 13.2 Å². The van der Waals surface area contributed by atoms with Crippen LogP contribution in [0.3, 0.4) is 0 Å². The molecule has 0 aromatic carbocycles. The number of amides is 2. The van der Waals surface area contributed by atoms with Crippen molar-refractivity contribution in [2.75, 3.05) is 37.7 Å². The largest absolute Gasteiger partial charge is 0.481 e. The van der Waals surface area contributed by atoms with Gasteiger partial charge in [-0.25, -0.2) is 0 Å². The lowest BCUT2D eigenvalue weighted by Gasteiger charge is -2.26. The lowest BCUT2D eigenvalue weighted by molar-refractivity contribution is -0.188. The topological polar surface area (TPSA) is 77.9 Å². The first-order valence-corrected chi connectivity index (χ1v) is 9.28. The predicted molar refractivity (Wildman–Crippen MR) is 85.0 cm³/mol. The molecule has 2 aliphatic heterocycles. The minimum Gasteiger partial charge on any atom is -0.481 e. The van der Waals surface area contributed by atoms with Crippen molar-refractivity contribution >= 4 is 29.5 Å². The van der Waals surface area contributed by atoms with E-state index < -0.39 is 43.0 Å². The molecular weight excluding hydrogens is 361 g/mol. The van der Waals surface area contributed by atoms with E-state index in [1.54, 1.807) is 4.90 Å². The summed E-state index contributed by atoms with van der Waals surface area (Å²) in [5.74, 6) is -5.89. The molecule has 0 aromatic rings. The molecule has 2 fully saturated rings. The minimum atomic E-state index is -4.66. The van der Waals surface area contributed by atoms with Gasteiger partial charge in [-0.1, -0.05) is 0 Å². The Bertz CT molecular complexity index is 523. The number of carboxylic acid groups (broad SMARTS) is 1. The van der Waals surface area contributed by atoms with Gasteiger partial charge in [0.1, 0.15) is 0 Å². The molecule has 25 heavy (non-hydrogen) atoms. The Morgan fingerprint density at radius 1 is 0.960 bits per heavy atom. The number of rotatable bonds is 5. The molecule has 2 atom stereocenters. The fourth-order valence-corrected chi connectivity index (χ4v) is 3.96. The first-order valence-electron chi connectivity index (χ1n) is 8.13. The maximum atomic E-state index is 12.9. The molecule has 0 unspecified atom stereocenters. The molecule has 10 heteroatoms. The van der Waals surface area contributed by atoms with E-state index in [4.69, 9.17) is 5.11 Å². The summed E-state index contributed by atoms with van der Waals surface area (Å²) in [6, 6.07) is 0. The second-order valence-corrected chi connectivity index (χ2v) is 7.31. The van der Waals surface area contributed by atoms with Gasteiger partial charge < -0.3 is 14.9 Å². The smallest absolute Gasteiger partial charge is 0.394 e. The van der Waals surface area contributed by atoms with Gasteiger partial charge in [0, 0.05) is 26.2 Å². The second-order valence-electron chi connectivity index (χ2n) is 6.33. The van der Waals surface area contributed by atoms with Gasteiger partial charge in [0.05, 0.1) is 23.3 Å². The lowest BCUT2D eigenvalue weighted by Crippen LogP contribution is -2.37. The Morgan fingerprint density at radius 3 is 2.00 bits per heavy atom. The van der Waals surface area contributed by atoms with Gasteiger partial charge in [0.2, 0.25) is 11.8 Å². The average Bonchev–Trinajstić information content (AvgIpc) is 3.01. The van der Waals surface area contributed by atoms with E-state index in [0.29, 0.717) is 13.1 Å². The van der Waals surface area contributed by atoms with Crippen LogP contribution in [0.15, 0.2) is 0 Å². The van der Waals surface area contributed by atoms with Crippen LogP contribution >= 0.6 is 11.8 Å². The number of halogens is 3. The van der Waals surface area contributed by atoms with Crippen LogP contribution < -0.4 is 0 Å². The molecule has 0 radical (unpaired) electrons. The zero-order valence-electron chi connectivity index (χ0n) is 13.6. The molecular formula is C15H21F3N2O4S. The van der Waals surface area contributed by atoms with Gasteiger partial charge in [0.15, 0.2) is 0 Å². The summed E-state index contributed by atoms with van der Waals surface area (Å²) in [6.07, 6.45) is -1.65. The highest BCUT2D eigenvalue weighted by atomic mass is 32.2. The van der Waals surface area contributed by atoms with Crippen molar-refractivity contribution in [2.45, 2.75) is 25.4 Å². The number of piperidine rings is 1. The van der Waals surface area contributed by atoms with Crippen LogP contribution in [0.25, 0.3) is 0 Å². The Hall–Kier alpha value is -1.45. The third kappa shape index (κ3) is 5.26.